The smallest absolute Gasteiger partial charge is 0.322 e. The standard InChI is InChI=1S/C13H16O4.Mg.2H/c1-13(2,3)9-6-4-8(5-7-9)10(11(14)15)12(16)17;;;/h4-7,10H,1-3H3,(H,14,15)(H,16,17);;;. The molecule has 0 fully saturated rings. The zero-order valence-corrected chi connectivity index (χ0v) is 10.1. The molecule has 1 aromatic rings. The molecular formula is C13H18MgO4. The number of aliphatic carboxylic acids is 2. The van der Waals surface area contributed by atoms with Crippen LogP contribution in [0.15, 0.2) is 24.3 Å². The van der Waals surface area contributed by atoms with Gasteiger partial charge in [0.1, 0.15) is 0 Å². The van der Waals surface area contributed by atoms with Crippen molar-refractivity contribution in [3.05, 3.63) is 35.4 Å². The molecule has 18 heavy (non-hydrogen) atoms. The Balaban J connectivity index is 0.00000289. The van der Waals surface area contributed by atoms with Gasteiger partial charge in [-0.2, -0.15) is 0 Å². The average Bonchev–Trinajstić information content (AvgIpc) is 2.15. The highest BCUT2D eigenvalue weighted by molar-refractivity contribution is 5.98. The first-order valence-corrected chi connectivity index (χ1v) is 5.29. The van der Waals surface area contributed by atoms with Crippen molar-refractivity contribution in [1.82, 2.24) is 0 Å². The summed E-state index contributed by atoms with van der Waals surface area (Å²) in [7, 11) is 0. The van der Waals surface area contributed by atoms with Crippen LogP contribution >= 0.6 is 0 Å². The van der Waals surface area contributed by atoms with Crippen LogP contribution in [0.4, 0.5) is 0 Å². The van der Waals surface area contributed by atoms with Crippen LogP contribution in [0.1, 0.15) is 37.8 Å². The minimum absolute atomic E-state index is 0. The number of benzene rings is 1. The van der Waals surface area contributed by atoms with Gasteiger partial charge in [0.2, 0.25) is 0 Å². The van der Waals surface area contributed by atoms with Gasteiger partial charge in [0, 0.05) is 0 Å². The summed E-state index contributed by atoms with van der Waals surface area (Å²) in [4.78, 5) is 21.7. The fourth-order valence-electron chi connectivity index (χ4n) is 1.57. The lowest BCUT2D eigenvalue weighted by Gasteiger charge is -2.19. The molecule has 0 spiro atoms. The molecule has 0 aliphatic heterocycles. The highest BCUT2D eigenvalue weighted by Gasteiger charge is 2.28. The van der Waals surface area contributed by atoms with Crippen molar-refractivity contribution < 1.29 is 19.8 Å². The molecular weight excluding hydrogens is 244 g/mol. The van der Waals surface area contributed by atoms with E-state index < -0.39 is 17.9 Å². The molecule has 96 valence electrons. The molecule has 1 rings (SSSR count). The number of carbonyl (C=O) groups is 2. The Kier molecular flexibility index (Phi) is 5.83. The van der Waals surface area contributed by atoms with Crippen LogP contribution in [0.5, 0.6) is 0 Å². The molecule has 2 N–H and O–H groups in total. The molecule has 4 nitrogen and oxygen atoms in total. The fraction of sp³-hybridized carbons (Fsp3) is 0.385. The van der Waals surface area contributed by atoms with Crippen LogP contribution < -0.4 is 0 Å². The van der Waals surface area contributed by atoms with E-state index in [2.05, 4.69) is 0 Å². The van der Waals surface area contributed by atoms with Gasteiger partial charge in [0.15, 0.2) is 5.92 Å². The fourth-order valence-corrected chi connectivity index (χ4v) is 1.57. The Morgan fingerprint density at radius 3 is 1.67 bits per heavy atom. The molecule has 0 bridgehead atoms. The first kappa shape index (κ1) is 16.9. The second-order valence-electron chi connectivity index (χ2n) is 4.98. The van der Waals surface area contributed by atoms with E-state index in [0.717, 1.165) is 5.56 Å². The highest BCUT2D eigenvalue weighted by Crippen LogP contribution is 2.24. The number of hydrogen-bond donors (Lipinski definition) is 2. The molecule has 0 aromatic heterocycles. The van der Waals surface area contributed by atoms with Crippen LogP contribution in [-0.4, -0.2) is 45.2 Å². The van der Waals surface area contributed by atoms with E-state index in [1.54, 1.807) is 24.3 Å². The predicted octanol–water partition coefficient (Wildman–Crippen LogP) is 1.32. The van der Waals surface area contributed by atoms with E-state index in [-0.39, 0.29) is 34.0 Å². The molecule has 0 saturated carbocycles. The summed E-state index contributed by atoms with van der Waals surface area (Å²) in [5, 5.41) is 17.7. The van der Waals surface area contributed by atoms with Crippen molar-refractivity contribution in [3.8, 4) is 0 Å². The van der Waals surface area contributed by atoms with E-state index in [0.29, 0.717) is 0 Å². The quantitative estimate of drug-likeness (QED) is 0.636. The molecule has 0 unspecified atom stereocenters. The Morgan fingerprint density at radius 2 is 1.39 bits per heavy atom. The van der Waals surface area contributed by atoms with Crippen LogP contribution in [0.3, 0.4) is 0 Å². The van der Waals surface area contributed by atoms with Gasteiger partial charge < -0.3 is 10.2 Å². The second kappa shape index (κ2) is 6.20. The maximum Gasteiger partial charge on any atom is 0.322 e. The number of rotatable bonds is 3. The summed E-state index contributed by atoms with van der Waals surface area (Å²) in [6, 6.07) is 6.67. The Morgan fingerprint density at radius 1 is 1.00 bits per heavy atom. The van der Waals surface area contributed by atoms with Crippen molar-refractivity contribution >= 4 is 35.0 Å². The molecule has 0 aliphatic rings. The minimum Gasteiger partial charge on any atom is -0.480 e. The van der Waals surface area contributed by atoms with Crippen molar-refractivity contribution in [2.24, 2.45) is 0 Å². The highest BCUT2D eigenvalue weighted by atomic mass is 24.3. The lowest BCUT2D eigenvalue weighted by molar-refractivity contribution is -0.150. The monoisotopic (exact) mass is 262 g/mol. The van der Waals surface area contributed by atoms with Crippen molar-refractivity contribution in [1.29, 1.82) is 0 Å². The summed E-state index contributed by atoms with van der Waals surface area (Å²) in [6.45, 7) is 6.11. The van der Waals surface area contributed by atoms with Crippen molar-refractivity contribution in [3.63, 3.8) is 0 Å². The Hall–Kier alpha value is -1.07. The maximum absolute atomic E-state index is 10.8. The largest absolute Gasteiger partial charge is 0.480 e. The lowest BCUT2D eigenvalue weighted by Crippen LogP contribution is -2.21. The average molecular weight is 263 g/mol. The third kappa shape index (κ3) is 3.99. The molecule has 0 atom stereocenters. The molecule has 5 heteroatoms. The molecule has 0 saturated heterocycles. The van der Waals surface area contributed by atoms with Gasteiger partial charge in [-0.05, 0) is 16.5 Å². The van der Waals surface area contributed by atoms with Crippen LogP contribution in [0, 0.1) is 0 Å². The third-order valence-corrected chi connectivity index (χ3v) is 2.60. The Labute approximate surface area is 122 Å². The van der Waals surface area contributed by atoms with Gasteiger partial charge in [0.05, 0.1) is 0 Å². The van der Waals surface area contributed by atoms with Crippen LogP contribution in [0.25, 0.3) is 0 Å². The van der Waals surface area contributed by atoms with Gasteiger partial charge in [-0.1, -0.05) is 45.0 Å². The summed E-state index contributed by atoms with van der Waals surface area (Å²) in [5.74, 6) is -4.19. The summed E-state index contributed by atoms with van der Waals surface area (Å²) < 4.78 is 0. The molecule has 0 amide bonds. The molecule has 0 heterocycles. The van der Waals surface area contributed by atoms with Gasteiger partial charge >= 0.3 is 35.0 Å². The maximum atomic E-state index is 10.8. The van der Waals surface area contributed by atoms with Crippen LogP contribution in [0.2, 0.25) is 0 Å². The zero-order valence-electron chi connectivity index (χ0n) is 10.1. The van der Waals surface area contributed by atoms with Gasteiger partial charge in [-0.25, -0.2) is 0 Å². The van der Waals surface area contributed by atoms with E-state index in [1.807, 2.05) is 20.8 Å². The van der Waals surface area contributed by atoms with Crippen molar-refractivity contribution in [2.75, 3.05) is 0 Å². The predicted molar refractivity (Wildman–Crippen MR) is 71.7 cm³/mol. The summed E-state index contributed by atoms with van der Waals surface area (Å²) >= 11 is 0. The normalized spacial score (nSPS) is 10.9. The van der Waals surface area contributed by atoms with Gasteiger partial charge in [-0.15, -0.1) is 0 Å². The molecule has 0 aliphatic carbocycles. The first-order valence-electron chi connectivity index (χ1n) is 5.29. The Bertz CT molecular complexity index is 417. The SMILES string of the molecule is CC(C)(C)c1ccc(C(C(=O)O)C(=O)O)cc1.[MgH2]. The third-order valence-electron chi connectivity index (χ3n) is 2.60. The van der Waals surface area contributed by atoms with E-state index in [9.17, 15) is 9.59 Å². The minimum atomic E-state index is -1.50. The second-order valence-corrected chi connectivity index (χ2v) is 4.98. The number of carboxylic acid groups (broad SMARTS) is 2. The lowest BCUT2D eigenvalue weighted by atomic mass is 9.85. The first-order chi connectivity index (χ1) is 7.73. The van der Waals surface area contributed by atoms with Gasteiger partial charge in [-0.3, -0.25) is 9.59 Å². The number of carboxylic acids is 2. The molecule has 0 radical (unpaired) electrons. The zero-order chi connectivity index (χ0) is 13.2. The van der Waals surface area contributed by atoms with E-state index >= 15 is 0 Å². The number of hydrogen-bond acceptors (Lipinski definition) is 2. The van der Waals surface area contributed by atoms with Crippen molar-refractivity contribution in [2.45, 2.75) is 32.1 Å². The van der Waals surface area contributed by atoms with Gasteiger partial charge in [0.25, 0.3) is 0 Å². The van der Waals surface area contributed by atoms with E-state index in [4.69, 9.17) is 10.2 Å². The van der Waals surface area contributed by atoms with E-state index in [1.165, 1.54) is 0 Å². The molecule has 1 aromatic carbocycles. The van der Waals surface area contributed by atoms with Crippen LogP contribution in [-0.2, 0) is 15.0 Å². The summed E-state index contributed by atoms with van der Waals surface area (Å²) in [6.07, 6.45) is 0. The summed E-state index contributed by atoms with van der Waals surface area (Å²) in [5.41, 5.74) is 1.29. The topological polar surface area (TPSA) is 74.6 Å².